The molecule has 1 rings (SSSR count). The van der Waals surface area contributed by atoms with Crippen molar-refractivity contribution < 1.29 is 17.0 Å². The van der Waals surface area contributed by atoms with E-state index in [9.17, 15) is 0 Å². The maximum Gasteiger partial charge on any atom is 0.0939 e. The Kier molecular flexibility index (Phi) is 11.8. The number of unbranched alkanes of at least 4 members (excludes halogenated alkanes) is 3. The van der Waals surface area contributed by atoms with Crippen LogP contribution in [0.1, 0.15) is 59.3 Å². The van der Waals surface area contributed by atoms with Gasteiger partial charge in [0.15, 0.2) is 0 Å². The highest BCUT2D eigenvalue weighted by Crippen LogP contribution is 2.59. The zero-order valence-electron chi connectivity index (χ0n) is 13.6. The van der Waals surface area contributed by atoms with Crippen molar-refractivity contribution in [1.29, 1.82) is 0 Å². The van der Waals surface area contributed by atoms with E-state index >= 15 is 0 Å². The van der Waals surface area contributed by atoms with E-state index in [0.29, 0.717) is 0 Å². The number of benzene rings is 1. The van der Waals surface area contributed by atoms with E-state index in [-0.39, 0.29) is 17.0 Å². The van der Waals surface area contributed by atoms with Gasteiger partial charge in [0.1, 0.15) is 0 Å². The summed E-state index contributed by atoms with van der Waals surface area (Å²) in [5, 5.41) is 1.70. The van der Waals surface area contributed by atoms with Crippen molar-refractivity contribution in [3.63, 3.8) is 0 Å². The molecule has 0 aliphatic carbocycles. The molecule has 0 aliphatic heterocycles. The third-order valence-electron chi connectivity index (χ3n) is 4.12. The number of halogens is 1. The Morgan fingerprint density at radius 2 is 1.10 bits per heavy atom. The Hall–Kier alpha value is 0.130. The first kappa shape index (κ1) is 20.1. The molecular formula is C18H32BrP. The summed E-state index contributed by atoms with van der Waals surface area (Å²) in [6.45, 7) is 7.00. The van der Waals surface area contributed by atoms with Gasteiger partial charge in [0.25, 0.3) is 0 Å². The van der Waals surface area contributed by atoms with E-state index in [2.05, 4.69) is 51.1 Å². The van der Waals surface area contributed by atoms with E-state index in [4.69, 9.17) is 0 Å². The molecule has 116 valence electrons. The van der Waals surface area contributed by atoms with E-state index in [0.717, 1.165) is 0 Å². The van der Waals surface area contributed by atoms with Crippen LogP contribution >= 0.6 is 7.26 Å². The summed E-state index contributed by atoms with van der Waals surface area (Å²) in [7, 11) is -0.898. The first-order valence-electron chi connectivity index (χ1n) is 8.20. The fraction of sp³-hybridized carbons (Fsp3) is 0.667. The summed E-state index contributed by atoms with van der Waals surface area (Å²) in [4.78, 5) is 0. The normalized spacial score (nSPS) is 11.2. The van der Waals surface area contributed by atoms with Crippen molar-refractivity contribution in [2.75, 3.05) is 18.5 Å². The fourth-order valence-electron chi connectivity index (χ4n) is 2.85. The Bertz CT molecular complexity index is 302. The van der Waals surface area contributed by atoms with Gasteiger partial charge < -0.3 is 17.0 Å². The number of hydrogen-bond acceptors (Lipinski definition) is 0. The van der Waals surface area contributed by atoms with E-state index in [1.165, 1.54) is 57.0 Å². The van der Waals surface area contributed by atoms with Crippen LogP contribution in [0.15, 0.2) is 30.3 Å². The van der Waals surface area contributed by atoms with Gasteiger partial charge in [-0.2, -0.15) is 0 Å². The maximum atomic E-state index is 2.41. The smallest absolute Gasteiger partial charge is 0.0939 e. The highest BCUT2D eigenvalue weighted by atomic mass is 79.9. The first-order valence-corrected chi connectivity index (χ1v) is 10.5. The van der Waals surface area contributed by atoms with Gasteiger partial charge >= 0.3 is 0 Å². The highest BCUT2D eigenvalue weighted by Gasteiger charge is 2.37. The van der Waals surface area contributed by atoms with Crippen molar-refractivity contribution in [2.45, 2.75) is 59.3 Å². The van der Waals surface area contributed by atoms with Gasteiger partial charge in [0, 0.05) is 7.26 Å². The van der Waals surface area contributed by atoms with Crippen molar-refractivity contribution in [1.82, 2.24) is 0 Å². The third-order valence-corrected chi connectivity index (χ3v) is 9.03. The summed E-state index contributed by atoms with van der Waals surface area (Å²) in [6, 6.07) is 11.5. The Labute approximate surface area is 137 Å². The predicted octanol–water partition coefficient (Wildman–Crippen LogP) is 2.73. The second-order valence-corrected chi connectivity index (χ2v) is 9.86. The Morgan fingerprint density at radius 1 is 0.700 bits per heavy atom. The molecule has 0 amide bonds. The lowest BCUT2D eigenvalue weighted by atomic mass is 10.4. The average molecular weight is 359 g/mol. The van der Waals surface area contributed by atoms with Crippen LogP contribution in [0.25, 0.3) is 0 Å². The molecule has 0 aliphatic rings. The molecule has 0 aromatic heterocycles. The van der Waals surface area contributed by atoms with Gasteiger partial charge in [-0.15, -0.1) is 0 Å². The molecule has 0 bridgehead atoms. The van der Waals surface area contributed by atoms with Gasteiger partial charge in [-0.1, -0.05) is 58.2 Å². The molecule has 1 aromatic carbocycles. The van der Waals surface area contributed by atoms with Crippen molar-refractivity contribution in [3.8, 4) is 0 Å². The SMILES string of the molecule is CCCC[P+](CCCC)(CCCC)c1ccccc1.[Br-]. The minimum absolute atomic E-state index is 0. The standard InChI is InChI=1S/C18H32P.BrH/c1-4-7-15-19(16-8-5-2,17-9-6-3)18-13-11-10-12-14-18;/h10-14H,4-9,15-17H2,1-3H3;1H/q+1;/p-1. The zero-order valence-corrected chi connectivity index (χ0v) is 16.1. The fourth-order valence-corrected chi connectivity index (χ4v) is 7.86. The van der Waals surface area contributed by atoms with Crippen LogP contribution in [-0.4, -0.2) is 18.5 Å². The molecule has 0 fully saturated rings. The lowest BCUT2D eigenvalue weighted by Gasteiger charge is -2.27. The molecule has 0 atom stereocenters. The minimum Gasteiger partial charge on any atom is -1.00 e. The number of rotatable bonds is 10. The molecule has 0 spiro atoms. The second-order valence-electron chi connectivity index (χ2n) is 5.71. The molecule has 0 saturated carbocycles. The Balaban J connectivity index is 0.00000361. The molecule has 0 saturated heterocycles. The molecule has 0 heterocycles. The second kappa shape index (κ2) is 11.8. The molecule has 2 heteroatoms. The molecule has 0 nitrogen and oxygen atoms in total. The van der Waals surface area contributed by atoms with Crippen LogP contribution in [0.5, 0.6) is 0 Å². The summed E-state index contributed by atoms with van der Waals surface area (Å²) < 4.78 is 0. The summed E-state index contributed by atoms with van der Waals surface area (Å²) in [5.41, 5.74) is 0. The topological polar surface area (TPSA) is 0 Å². The highest BCUT2D eigenvalue weighted by molar-refractivity contribution is 7.82. The van der Waals surface area contributed by atoms with Crippen LogP contribution in [0.3, 0.4) is 0 Å². The van der Waals surface area contributed by atoms with Gasteiger partial charge in [-0.05, 0) is 31.4 Å². The summed E-state index contributed by atoms with van der Waals surface area (Å²) >= 11 is 0. The number of hydrogen-bond donors (Lipinski definition) is 0. The third kappa shape index (κ3) is 6.27. The van der Waals surface area contributed by atoms with Gasteiger partial charge in [0.05, 0.1) is 23.8 Å². The maximum absolute atomic E-state index is 2.41. The first-order chi connectivity index (χ1) is 9.29. The average Bonchev–Trinajstić information content (AvgIpc) is 2.48. The van der Waals surface area contributed by atoms with Gasteiger partial charge in [-0.25, -0.2) is 0 Å². The predicted molar refractivity (Wildman–Crippen MR) is 92.3 cm³/mol. The summed E-state index contributed by atoms with van der Waals surface area (Å²) in [5.74, 6) is 0. The lowest BCUT2D eigenvalue weighted by Crippen LogP contribution is -3.00. The van der Waals surface area contributed by atoms with Crippen LogP contribution in [-0.2, 0) is 0 Å². The molecule has 20 heavy (non-hydrogen) atoms. The van der Waals surface area contributed by atoms with Crippen molar-refractivity contribution >= 4 is 12.6 Å². The largest absolute Gasteiger partial charge is 1.00 e. The van der Waals surface area contributed by atoms with E-state index in [1.54, 1.807) is 5.30 Å². The van der Waals surface area contributed by atoms with Gasteiger partial charge in [0.2, 0.25) is 0 Å². The van der Waals surface area contributed by atoms with E-state index in [1.807, 2.05) is 0 Å². The monoisotopic (exact) mass is 358 g/mol. The van der Waals surface area contributed by atoms with E-state index < -0.39 is 7.26 Å². The zero-order chi connectivity index (χ0) is 14.0. The molecule has 0 N–H and O–H groups in total. The minimum atomic E-state index is -0.898. The van der Waals surface area contributed by atoms with Crippen LogP contribution in [0.4, 0.5) is 0 Å². The molecular weight excluding hydrogens is 327 g/mol. The quantitative estimate of drug-likeness (QED) is 0.564. The van der Waals surface area contributed by atoms with Crippen molar-refractivity contribution in [3.05, 3.63) is 30.3 Å². The summed E-state index contributed by atoms with van der Waals surface area (Å²) in [6.07, 6.45) is 12.7. The van der Waals surface area contributed by atoms with Crippen molar-refractivity contribution in [2.24, 2.45) is 0 Å². The van der Waals surface area contributed by atoms with Gasteiger partial charge in [-0.3, -0.25) is 0 Å². The molecule has 1 aromatic rings. The lowest BCUT2D eigenvalue weighted by molar-refractivity contribution is -0.00000419. The molecule has 0 radical (unpaired) electrons. The van der Waals surface area contributed by atoms with Crippen LogP contribution in [0, 0.1) is 0 Å². The van der Waals surface area contributed by atoms with Crippen LogP contribution < -0.4 is 22.3 Å². The Morgan fingerprint density at radius 3 is 1.45 bits per heavy atom. The molecule has 0 unspecified atom stereocenters. The van der Waals surface area contributed by atoms with Crippen LogP contribution in [0.2, 0.25) is 0 Å².